The topological polar surface area (TPSA) is 114 Å². The molecule has 0 saturated carbocycles. The molecule has 10 heteroatoms. The quantitative estimate of drug-likeness (QED) is 0.799. The largest absolute Gasteiger partial charge is 0.300 e. The average molecular weight is 367 g/mol. The van der Waals surface area contributed by atoms with Crippen LogP contribution in [0, 0.1) is 0 Å². The summed E-state index contributed by atoms with van der Waals surface area (Å²) in [4.78, 5) is 40.3. The molecule has 3 amide bonds. The van der Waals surface area contributed by atoms with Gasteiger partial charge in [-0.15, -0.1) is 0 Å². The Kier molecular flexibility index (Phi) is 4.10. The number of hydrogen-bond donors (Lipinski definition) is 1. The molecule has 126 valence electrons. The van der Waals surface area contributed by atoms with Gasteiger partial charge in [-0.1, -0.05) is 11.3 Å². The molecule has 1 aliphatic rings. The van der Waals surface area contributed by atoms with Crippen LogP contribution >= 0.6 is 11.3 Å². The van der Waals surface area contributed by atoms with Crippen molar-refractivity contribution < 1.29 is 22.8 Å². The summed E-state index contributed by atoms with van der Waals surface area (Å²) in [7, 11) is -3.33. The highest BCUT2D eigenvalue weighted by Gasteiger charge is 2.30. The van der Waals surface area contributed by atoms with E-state index in [9.17, 15) is 22.8 Å². The van der Waals surface area contributed by atoms with Crippen molar-refractivity contribution in [1.82, 2.24) is 9.88 Å². The SMILES string of the molecule is CS(=O)(=O)c1ccc2nc(NC(=O)CN3C(=O)CCC3=O)sc2c1. The van der Waals surface area contributed by atoms with E-state index in [1.54, 1.807) is 6.07 Å². The van der Waals surface area contributed by atoms with Crippen molar-refractivity contribution >= 4 is 54.2 Å². The highest BCUT2D eigenvalue weighted by molar-refractivity contribution is 7.90. The van der Waals surface area contributed by atoms with E-state index in [0.717, 1.165) is 22.5 Å². The van der Waals surface area contributed by atoms with Crippen molar-refractivity contribution in [3.05, 3.63) is 18.2 Å². The number of thiazole rings is 1. The number of nitrogens with zero attached hydrogens (tertiary/aromatic N) is 2. The summed E-state index contributed by atoms with van der Waals surface area (Å²) in [5.74, 6) is -1.25. The first-order valence-electron chi connectivity index (χ1n) is 6.98. The Hall–Kier alpha value is -2.33. The van der Waals surface area contributed by atoms with E-state index in [2.05, 4.69) is 10.3 Å². The second kappa shape index (κ2) is 5.95. The molecule has 1 saturated heterocycles. The van der Waals surface area contributed by atoms with Crippen LogP contribution in [-0.2, 0) is 24.2 Å². The minimum Gasteiger partial charge on any atom is -0.300 e. The molecule has 1 fully saturated rings. The predicted molar refractivity (Wildman–Crippen MR) is 87.3 cm³/mol. The van der Waals surface area contributed by atoms with E-state index in [0.29, 0.717) is 10.2 Å². The van der Waals surface area contributed by atoms with E-state index in [4.69, 9.17) is 0 Å². The van der Waals surface area contributed by atoms with Crippen molar-refractivity contribution in [2.45, 2.75) is 17.7 Å². The Morgan fingerprint density at radius 1 is 1.29 bits per heavy atom. The van der Waals surface area contributed by atoms with Crippen LogP contribution in [0.2, 0.25) is 0 Å². The third-order valence-electron chi connectivity index (χ3n) is 3.49. The second-order valence-corrected chi connectivity index (χ2v) is 8.39. The molecule has 2 aromatic rings. The highest BCUT2D eigenvalue weighted by Crippen LogP contribution is 2.28. The van der Waals surface area contributed by atoms with Crippen molar-refractivity contribution in [2.75, 3.05) is 18.1 Å². The van der Waals surface area contributed by atoms with E-state index in [1.807, 2.05) is 0 Å². The lowest BCUT2D eigenvalue weighted by Gasteiger charge is -2.12. The van der Waals surface area contributed by atoms with Crippen molar-refractivity contribution in [1.29, 1.82) is 0 Å². The van der Waals surface area contributed by atoms with Gasteiger partial charge in [-0.05, 0) is 18.2 Å². The fourth-order valence-electron chi connectivity index (χ4n) is 2.29. The van der Waals surface area contributed by atoms with Gasteiger partial charge in [0.1, 0.15) is 6.54 Å². The van der Waals surface area contributed by atoms with Gasteiger partial charge in [-0.25, -0.2) is 13.4 Å². The molecule has 24 heavy (non-hydrogen) atoms. The van der Waals surface area contributed by atoms with Gasteiger partial charge < -0.3 is 5.32 Å². The van der Waals surface area contributed by atoms with E-state index in [-0.39, 0.29) is 41.2 Å². The van der Waals surface area contributed by atoms with Crippen molar-refractivity contribution in [3.8, 4) is 0 Å². The number of anilines is 1. The first-order valence-corrected chi connectivity index (χ1v) is 9.68. The smallest absolute Gasteiger partial charge is 0.246 e. The lowest BCUT2D eigenvalue weighted by Crippen LogP contribution is -2.36. The third-order valence-corrected chi connectivity index (χ3v) is 5.53. The van der Waals surface area contributed by atoms with Crippen LogP contribution in [0.25, 0.3) is 10.2 Å². The first-order chi connectivity index (χ1) is 11.2. The summed E-state index contributed by atoms with van der Waals surface area (Å²) in [6.45, 7) is -0.345. The van der Waals surface area contributed by atoms with Crippen molar-refractivity contribution in [3.63, 3.8) is 0 Å². The van der Waals surface area contributed by atoms with Crippen LogP contribution in [0.3, 0.4) is 0 Å². The lowest BCUT2D eigenvalue weighted by atomic mass is 10.3. The first kappa shape index (κ1) is 16.5. The van der Waals surface area contributed by atoms with Crippen LogP contribution in [0.15, 0.2) is 23.1 Å². The number of amides is 3. The van der Waals surface area contributed by atoms with Crippen LogP contribution in [0.5, 0.6) is 0 Å². The number of carbonyl (C=O) groups excluding carboxylic acids is 3. The zero-order valence-corrected chi connectivity index (χ0v) is 14.2. The average Bonchev–Trinajstić information content (AvgIpc) is 3.02. The van der Waals surface area contributed by atoms with Gasteiger partial charge in [0.05, 0.1) is 15.1 Å². The standard InChI is InChI=1S/C14H13N3O5S2/c1-24(21,22)8-2-3-9-10(6-8)23-14(15-9)16-11(18)7-17-12(19)4-5-13(17)20/h2-3,6H,4-5,7H2,1H3,(H,15,16,18). The van der Waals surface area contributed by atoms with Crippen LogP contribution in [-0.4, -0.2) is 48.8 Å². The number of hydrogen-bond acceptors (Lipinski definition) is 7. The zero-order chi connectivity index (χ0) is 17.5. The van der Waals surface area contributed by atoms with Crippen molar-refractivity contribution in [2.24, 2.45) is 0 Å². The number of rotatable bonds is 4. The molecule has 8 nitrogen and oxygen atoms in total. The Bertz CT molecular complexity index is 948. The predicted octanol–water partition coefficient (Wildman–Crippen LogP) is 0.787. The highest BCUT2D eigenvalue weighted by atomic mass is 32.2. The maximum Gasteiger partial charge on any atom is 0.246 e. The number of benzene rings is 1. The molecule has 1 aromatic heterocycles. The third kappa shape index (κ3) is 3.29. The van der Waals surface area contributed by atoms with Gasteiger partial charge >= 0.3 is 0 Å². The summed E-state index contributed by atoms with van der Waals surface area (Å²) in [6, 6.07) is 4.50. The molecule has 0 spiro atoms. The van der Waals surface area contributed by atoms with E-state index >= 15 is 0 Å². The Labute approximate surface area is 141 Å². The summed E-state index contributed by atoms with van der Waals surface area (Å²) >= 11 is 1.12. The second-order valence-electron chi connectivity index (χ2n) is 5.34. The van der Waals surface area contributed by atoms with Gasteiger partial charge in [0.25, 0.3) is 0 Å². The molecule has 0 atom stereocenters. The van der Waals surface area contributed by atoms with Crippen LogP contribution < -0.4 is 5.32 Å². The minimum atomic E-state index is -3.33. The number of fused-ring (bicyclic) bond motifs is 1. The molecular formula is C14H13N3O5S2. The van der Waals surface area contributed by atoms with Gasteiger partial charge in [0, 0.05) is 19.1 Å². The molecule has 0 aliphatic carbocycles. The summed E-state index contributed by atoms with van der Waals surface area (Å²) in [5.41, 5.74) is 0.552. The number of carbonyl (C=O) groups is 3. The fraction of sp³-hybridized carbons (Fsp3) is 0.286. The lowest BCUT2D eigenvalue weighted by molar-refractivity contribution is -0.141. The van der Waals surface area contributed by atoms with Crippen LogP contribution in [0.1, 0.15) is 12.8 Å². The molecule has 0 unspecified atom stereocenters. The normalized spacial score (nSPS) is 15.3. The number of imide groups is 1. The molecule has 1 aliphatic heterocycles. The molecular weight excluding hydrogens is 354 g/mol. The minimum absolute atomic E-state index is 0.127. The summed E-state index contributed by atoms with van der Waals surface area (Å²) in [6.07, 6.45) is 1.37. The summed E-state index contributed by atoms with van der Waals surface area (Å²) in [5, 5.41) is 2.81. The van der Waals surface area contributed by atoms with Gasteiger partial charge in [0.15, 0.2) is 15.0 Å². The van der Waals surface area contributed by atoms with E-state index in [1.165, 1.54) is 12.1 Å². The number of likely N-dealkylation sites (tertiary alicyclic amines) is 1. The summed E-state index contributed by atoms with van der Waals surface area (Å²) < 4.78 is 23.7. The van der Waals surface area contributed by atoms with E-state index < -0.39 is 15.7 Å². The monoisotopic (exact) mass is 367 g/mol. The molecule has 1 aromatic carbocycles. The van der Waals surface area contributed by atoms with Gasteiger partial charge in [-0.3, -0.25) is 19.3 Å². The Morgan fingerprint density at radius 3 is 2.58 bits per heavy atom. The molecule has 1 N–H and O–H groups in total. The molecule has 0 radical (unpaired) electrons. The Morgan fingerprint density at radius 2 is 1.96 bits per heavy atom. The maximum absolute atomic E-state index is 12.0. The number of nitrogens with one attached hydrogen (secondary N) is 1. The van der Waals surface area contributed by atoms with Crippen LogP contribution in [0.4, 0.5) is 5.13 Å². The van der Waals surface area contributed by atoms with Gasteiger partial charge in [-0.2, -0.15) is 0 Å². The number of aromatic nitrogens is 1. The van der Waals surface area contributed by atoms with Gasteiger partial charge in [0.2, 0.25) is 17.7 Å². The molecule has 0 bridgehead atoms. The molecule has 2 heterocycles. The Balaban J connectivity index is 1.76. The number of sulfone groups is 1. The maximum atomic E-state index is 12.0. The fourth-order valence-corrected chi connectivity index (χ4v) is 3.93. The molecule has 3 rings (SSSR count). The zero-order valence-electron chi connectivity index (χ0n) is 12.6.